The van der Waals surface area contributed by atoms with Crippen LogP contribution in [0.3, 0.4) is 0 Å². The number of hydrogen-bond donors (Lipinski definition) is 1. The molecule has 0 radical (unpaired) electrons. The highest BCUT2D eigenvalue weighted by molar-refractivity contribution is 5.65. The van der Waals surface area contributed by atoms with Crippen molar-refractivity contribution < 1.29 is 9.47 Å². The van der Waals surface area contributed by atoms with Gasteiger partial charge in [-0.25, -0.2) is 0 Å². The number of methoxy groups -OCH3 is 2. The molecule has 0 saturated carbocycles. The topological polar surface area (TPSA) is 47.7 Å². The van der Waals surface area contributed by atoms with Gasteiger partial charge in [0.1, 0.15) is 11.5 Å². The van der Waals surface area contributed by atoms with Gasteiger partial charge in [0, 0.05) is 18.2 Å². The first-order chi connectivity index (χ1) is 9.46. The highest BCUT2D eigenvalue weighted by atomic mass is 16.5. The molecule has 0 aromatic heterocycles. The summed E-state index contributed by atoms with van der Waals surface area (Å²) in [6, 6.07) is 4.87. The Morgan fingerprint density at radius 2 is 1.55 bits per heavy atom. The average molecular weight is 280 g/mol. The predicted octanol–water partition coefficient (Wildman–Crippen LogP) is 2.83. The fourth-order valence-corrected chi connectivity index (χ4v) is 2.65. The van der Waals surface area contributed by atoms with Crippen molar-refractivity contribution in [3.8, 4) is 11.5 Å². The number of nitrogens with zero attached hydrogens (tertiary/aromatic N) is 1. The quantitative estimate of drug-likeness (QED) is 0.834. The van der Waals surface area contributed by atoms with Gasteiger partial charge in [0.15, 0.2) is 0 Å². The van der Waals surface area contributed by atoms with E-state index in [0.29, 0.717) is 18.6 Å². The van der Waals surface area contributed by atoms with Gasteiger partial charge < -0.3 is 20.1 Å². The molecule has 4 nitrogen and oxygen atoms in total. The molecule has 0 bridgehead atoms. The van der Waals surface area contributed by atoms with Gasteiger partial charge in [-0.2, -0.15) is 0 Å². The second-order valence-corrected chi connectivity index (χ2v) is 5.47. The minimum Gasteiger partial charge on any atom is -0.496 e. The second kappa shape index (κ2) is 7.39. The number of anilines is 1. The molecule has 0 aliphatic carbocycles. The van der Waals surface area contributed by atoms with Crippen LogP contribution >= 0.6 is 0 Å². The average Bonchev–Trinajstić information content (AvgIpc) is 2.39. The third-order valence-electron chi connectivity index (χ3n) is 3.39. The van der Waals surface area contributed by atoms with Crippen LogP contribution in [0.1, 0.15) is 33.3 Å². The SMILES string of the molecule is COc1cc(N(C(C)C)C(C)C)c(OC)cc1CCN. The van der Waals surface area contributed by atoms with Crippen LogP contribution in [-0.4, -0.2) is 32.8 Å². The summed E-state index contributed by atoms with van der Waals surface area (Å²) in [6.45, 7) is 9.32. The number of rotatable bonds is 7. The molecular formula is C16H28N2O2. The van der Waals surface area contributed by atoms with E-state index >= 15 is 0 Å². The van der Waals surface area contributed by atoms with Gasteiger partial charge in [-0.1, -0.05) is 0 Å². The van der Waals surface area contributed by atoms with E-state index in [9.17, 15) is 0 Å². The van der Waals surface area contributed by atoms with Crippen molar-refractivity contribution in [3.05, 3.63) is 17.7 Å². The number of hydrogen-bond acceptors (Lipinski definition) is 4. The molecule has 0 aliphatic rings. The van der Waals surface area contributed by atoms with E-state index in [1.165, 1.54) is 0 Å². The fraction of sp³-hybridized carbons (Fsp3) is 0.625. The molecule has 0 atom stereocenters. The Bertz CT molecular complexity index is 423. The van der Waals surface area contributed by atoms with Crippen molar-refractivity contribution in [3.63, 3.8) is 0 Å². The van der Waals surface area contributed by atoms with Crippen molar-refractivity contribution >= 4 is 5.69 Å². The Hall–Kier alpha value is -1.42. The zero-order chi connectivity index (χ0) is 15.3. The summed E-state index contributed by atoms with van der Waals surface area (Å²) in [7, 11) is 3.40. The first kappa shape index (κ1) is 16.6. The third kappa shape index (κ3) is 3.57. The molecule has 1 rings (SSSR count). The molecule has 1 aromatic rings. The van der Waals surface area contributed by atoms with Gasteiger partial charge in [-0.3, -0.25) is 0 Å². The summed E-state index contributed by atoms with van der Waals surface area (Å²) in [4.78, 5) is 2.33. The molecule has 4 heteroatoms. The molecule has 0 heterocycles. The smallest absolute Gasteiger partial charge is 0.142 e. The van der Waals surface area contributed by atoms with Crippen LogP contribution in [0.15, 0.2) is 12.1 Å². The largest absolute Gasteiger partial charge is 0.496 e. The summed E-state index contributed by atoms with van der Waals surface area (Å²) >= 11 is 0. The Morgan fingerprint density at radius 1 is 1.00 bits per heavy atom. The highest BCUT2D eigenvalue weighted by Gasteiger charge is 2.20. The van der Waals surface area contributed by atoms with E-state index in [1.54, 1.807) is 14.2 Å². The van der Waals surface area contributed by atoms with Crippen LogP contribution in [0.25, 0.3) is 0 Å². The fourth-order valence-electron chi connectivity index (χ4n) is 2.65. The maximum Gasteiger partial charge on any atom is 0.142 e. The van der Waals surface area contributed by atoms with Crippen LogP contribution in [0.4, 0.5) is 5.69 Å². The minimum absolute atomic E-state index is 0.383. The molecule has 0 saturated heterocycles. The Balaban J connectivity index is 3.37. The second-order valence-electron chi connectivity index (χ2n) is 5.47. The zero-order valence-electron chi connectivity index (χ0n) is 13.6. The molecule has 0 aliphatic heterocycles. The lowest BCUT2D eigenvalue weighted by molar-refractivity contribution is 0.396. The number of ether oxygens (including phenoxy) is 2. The van der Waals surface area contributed by atoms with Gasteiger partial charge in [0.05, 0.1) is 19.9 Å². The van der Waals surface area contributed by atoms with Crippen molar-refractivity contribution in [2.24, 2.45) is 5.73 Å². The maximum absolute atomic E-state index is 5.66. The number of benzene rings is 1. The van der Waals surface area contributed by atoms with Gasteiger partial charge >= 0.3 is 0 Å². The highest BCUT2D eigenvalue weighted by Crippen LogP contribution is 2.37. The van der Waals surface area contributed by atoms with Gasteiger partial charge in [0.25, 0.3) is 0 Å². The molecular weight excluding hydrogens is 252 g/mol. The summed E-state index contributed by atoms with van der Waals surface area (Å²) in [5.74, 6) is 1.74. The van der Waals surface area contributed by atoms with Gasteiger partial charge in [-0.15, -0.1) is 0 Å². The van der Waals surface area contributed by atoms with E-state index in [4.69, 9.17) is 15.2 Å². The standard InChI is InChI=1S/C16H28N2O2/c1-11(2)18(12(3)4)14-10-15(19-5)13(7-8-17)9-16(14)20-6/h9-12H,7-8,17H2,1-6H3. The van der Waals surface area contributed by atoms with Crippen molar-refractivity contribution in [1.82, 2.24) is 0 Å². The van der Waals surface area contributed by atoms with Crippen LogP contribution in [0.5, 0.6) is 11.5 Å². The third-order valence-corrected chi connectivity index (χ3v) is 3.39. The van der Waals surface area contributed by atoms with Crippen LogP contribution in [0.2, 0.25) is 0 Å². The van der Waals surface area contributed by atoms with Crippen LogP contribution in [-0.2, 0) is 6.42 Å². The molecule has 1 aromatic carbocycles. The summed E-state index contributed by atoms with van der Waals surface area (Å²) in [5, 5.41) is 0. The van der Waals surface area contributed by atoms with E-state index in [1.807, 2.05) is 6.07 Å². The lowest BCUT2D eigenvalue weighted by atomic mass is 10.1. The predicted molar refractivity (Wildman–Crippen MR) is 85.1 cm³/mol. The first-order valence-electron chi connectivity index (χ1n) is 7.19. The van der Waals surface area contributed by atoms with E-state index < -0.39 is 0 Å². The Morgan fingerprint density at radius 3 is 1.95 bits per heavy atom. The van der Waals surface area contributed by atoms with Crippen molar-refractivity contribution in [1.29, 1.82) is 0 Å². The Kier molecular flexibility index (Phi) is 6.14. The molecule has 114 valence electrons. The molecule has 20 heavy (non-hydrogen) atoms. The maximum atomic E-state index is 5.66. The van der Waals surface area contributed by atoms with Gasteiger partial charge in [-0.05, 0) is 52.3 Å². The van der Waals surface area contributed by atoms with Crippen molar-refractivity contribution in [2.45, 2.75) is 46.2 Å². The summed E-state index contributed by atoms with van der Waals surface area (Å²) < 4.78 is 11.1. The monoisotopic (exact) mass is 280 g/mol. The summed E-state index contributed by atoms with van der Waals surface area (Å²) in [5.41, 5.74) is 7.81. The first-order valence-corrected chi connectivity index (χ1v) is 7.19. The van der Waals surface area contributed by atoms with Crippen LogP contribution in [0, 0.1) is 0 Å². The molecule has 0 spiro atoms. The van der Waals surface area contributed by atoms with Gasteiger partial charge in [0.2, 0.25) is 0 Å². The normalized spacial score (nSPS) is 11.1. The molecule has 0 amide bonds. The lowest BCUT2D eigenvalue weighted by Gasteiger charge is -2.34. The zero-order valence-corrected chi connectivity index (χ0v) is 13.6. The van der Waals surface area contributed by atoms with E-state index in [-0.39, 0.29) is 0 Å². The Labute approximate surface area is 122 Å². The van der Waals surface area contributed by atoms with Crippen molar-refractivity contribution in [2.75, 3.05) is 25.7 Å². The molecule has 0 unspecified atom stereocenters. The number of nitrogens with two attached hydrogens (primary N) is 1. The van der Waals surface area contributed by atoms with E-state index in [2.05, 4.69) is 38.7 Å². The van der Waals surface area contributed by atoms with Crippen LogP contribution < -0.4 is 20.1 Å². The summed E-state index contributed by atoms with van der Waals surface area (Å²) in [6.07, 6.45) is 0.781. The molecule has 2 N–H and O–H groups in total. The van der Waals surface area contributed by atoms with E-state index in [0.717, 1.165) is 29.2 Å². The molecule has 0 fully saturated rings. The minimum atomic E-state index is 0.383. The lowest BCUT2D eigenvalue weighted by Crippen LogP contribution is -2.37.